The summed E-state index contributed by atoms with van der Waals surface area (Å²) in [4.78, 5) is 14.0. The van der Waals surface area contributed by atoms with Crippen molar-refractivity contribution in [3.8, 4) is 17.2 Å². The van der Waals surface area contributed by atoms with Crippen molar-refractivity contribution < 1.29 is 13.9 Å². The number of nitrogens with zero attached hydrogens (tertiary/aromatic N) is 3. The van der Waals surface area contributed by atoms with Crippen molar-refractivity contribution in [1.29, 1.82) is 0 Å². The van der Waals surface area contributed by atoms with E-state index in [0.29, 0.717) is 27.6 Å². The molecule has 3 aromatic rings. The molecule has 0 aliphatic heterocycles. The Hall–Kier alpha value is -2.57. The minimum atomic E-state index is -0.747. The Labute approximate surface area is 173 Å². The number of aromatic nitrogens is 2. The fourth-order valence-electron chi connectivity index (χ4n) is 2.53. The van der Waals surface area contributed by atoms with Gasteiger partial charge in [0.2, 0.25) is 11.8 Å². The molecule has 0 spiro atoms. The van der Waals surface area contributed by atoms with Gasteiger partial charge in [-0.05, 0) is 44.2 Å². The molecule has 1 atom stereocenters. The van der Waals surface area contributed by atoms with Gasteiger partial charge < -0.3 is 14.1 Å². The van der Waals surface area contributed by atoms with Crippen LogP contribution in [-0.2, 0) is 11.3 Å². The zero-order valence-electron chi connectivity index (χ0n) is 15.6. The molecule has 3 rings (SSSR count). The van der Waals surface area contributed by atoms with Gasteiger partial charge in [-0.25, -0.2) is 0 Å². The first-order valence-corrected chi connectivity index (χ1v) is 9.35. The number of ether oxygens (including phenoxy) is 1. The molecule has 1 aromatic heterocycles. The number of hydrogen-bond donors (Lipinski definition) is 0. The molecule has 0 aliphatic carbocycles. The van der Waals surface area contributed by atoms with E-state index in [1.54, 1.807) is 32.2 Å². The average molecular weight is 420 g/mol. The summed E-state index contributed by atoms with van der Waals surface area (Å²) in [5.41, 5.74) is 1.97. The average Bonchev–Trinajstić information content (AvgIpc) is 3.12. The standard InChI is InChI=1S/C20H19Cl2N3O3/c1-12-4-6-14(7-5-12)19-24-23-18(28-19)11-25(3)20(26)13(2)27-17-9-8-15(21)10-16(17)22/h4-10,13H,11H2,1-3H3/t13-/m1/s1. The predicted molar refractivity (Wildman–Crippen MR) is 107 cm³/mol. The number of amides is 1. The number of halogens is 2. The lowest BCUT2D eigenvalue weighted by molar-refractivity contribution is -0.137. The van der Waals surface area contributed by atoms with Crippen LogP contribution in [0.15, 0.2) is 46.9 Å². The van der Waals surface area contributed by atoms with Crippen molar-refractivity contribution in [2.45, 2.75) is 26.5 Å². The van der Waals surface area contributed by atoms with E-state index in [1.807, 2.05) is 31.2 Å². The molecule has 6 nitrogen and oxygen atoms in total. The van der Waals surface area contributed by atoms with E-state index < -0.39 is 6.10 Å². The molecule has 0 bridgehead atoms. The Morgan fingerprint density at radius 3 is 2.57 bits per heavy atom. The van der Waals surface area contributed by atoms with Gasteiger partial charge in [-0.15, -0.1) is 10.2 Å². The topological polar surface area (TPSA) is 68.5 Å². The maximum absolute atomic E-state index is 12.6. The highest BCUT2D eigenvalue weighted by atomic mass is 35.5. The summed E-state index contributed by atoms with van der Waals surface area (Å²) in [5.74, 6) is 0.886. The van der Waals surface area contributed by atoms with E-state index in [2.05, 4.69) is 10.2 Å². The summed E-state index contributed by atoms with van der Waals surface area (Å²) < 4.78 is 11.3. The molecular weight excluding hydrogens is 401 g/mol. The first kappa shape index (κ1) is 20.2. The Morgan fingerprint density at radius 1 is 1.18 bits per heavy atom. The molecule has 1 amide bonds. The molecule has 1 heterocycles. The van der Waals surface area contributed by atoms with Crippen LogP contribution in [0.5, 0.6) is 5.75 Å². The second kappa shape index (κ2) is 8.63. The van der Waals surface area contributed by atoms with Crippen LogP contribution >= 0.6 is 23.2 Å². The van der Waals surface area contributed by atoms with Gasteiger partial charge in [-0.3, -0.25) is 4.79 Å². The van der Waals surface area contributed by atoms with Crippen LogP contribution in [0.3, 0.4) is 0 Å². The van der Waals surface area contributed by atoms with Gasteiger partial charge in [0.05, 0.1) is 11.6 Å². The fraction of sp³-hybridized carbons (Fsp3) is 0.250. The largest absolute Gasteiger partial charge is 0.479 e. The molecule has 0 aliphatic rings. The molecule has 28 heavy (non-hydrogen) atoms. The molecule has 146 valence electrons. The Kier molecular flexibility index (Phi) is 6.21. The third-order valence-corrected chi connectivity index (χ3v) is 4.59. The Balaban J connectivity index is 1.63. The number of rotatable bonds is 6. The molecule has 0 radical (unpaired) electrons. The zero-order chi connectivity index (χ0) is 20.3. The molecule has 0 saturated carbocycles. The number of benzene rings is 2. The van der Waals surface area contributed by atoms with Gasteiger partial charge in [0.25, 0.3) is 5.91 Å². The summed E-state index contributed by atoms with van der Waals surface area (Å²) in [6, 6.07) is 12.6. The van der Waals surface area contributed by atoms with Crippen molar-refractivity contribution in [3.63, 3.8) is 0 Å². The van der Waals surface area contributed by atoms with Crippen molar-refractivity contribution in [2.75, 3.05) is 7.05 Å². The molecule has 0 N–H and O–H groups in total. The molecular formula is C20H19Cl2N3O3. The maximum Gasteiger partial charge on any atom is 0.263 e. The van der Waals surface area contributed by atoms with Crippen LogP contribution in [0, 0.1) is 6.92 Å². The number of likely N-dealkylation sites (N-methyl/N-ethyl adjacent to an activating group) is 1. The molecule has 0 unspecified atom stereocenters. The van der Waals surface area contributed by atoms with Crippen LogP contribution in [0.25, 0.3) is 11.5 Å². The van der Waals surface area contributed by atoms with Gasteiger partial charge in [-0.2, -0.15) is 0 Å². The molecule has 0 saturated heterocycles. The van der Waals surface area contributed by atoms with Crippen LogP contribution < -0.4 is 4.74 Å². The summed E-state index contributed by atoms with van der Waals surface area (Å²) in [7, 11) is 1.64. The monoisotopic (exact) mass is 419 g/mol. The Morgan fingerprint density at radius 2 is 1.89 bits per heavy atom. The van der Waals surface area contributed by atoms with Crippen molar-refractivity contribution in [2.24, 2.45) is 0 Å². The van der Waals surface area contributed by atoms with Gasteiger partial charge in [0, 0.05) is 17.6 Å². The van der Waals surface area contributed by atoms with Gasteiger partial charge >= 0.3 is 0 Å². The minimum Gasteiger partial charge on any atom is -0.479 e. The van der Waals surface area contributed by atoms with Crippen LogP contribution in [0.4, 0.5) is 0 Å². The highest BCUT2D eigenvalue weighted by Gasteiger charge is 2.22. The lowest BCUT2D eigenvalue weighted by atomic mass is 10.1. The van der Waals surface area contributed by atoms with Gasteiger partial charge in [0.15, 0.2) is 6.10 Å². The van der Waals surface area contributed by atoms with E-state index in [9.17, 15) is 4.79 Å². The van der Waals surface area contributed by atoms with Crippen molar-refractivity contribution >= 4 is 29.1 Å². The zero-order valence-corrected chi connectivity index (χ0v) is 17.2. The Bertz CT molecular complexity index is 973. The third kappa shape index (κ3) is 4.82. The first-order chi connectivity index (χ1) is 13.3. The second-order valence-corrected chi connectivity index (χ2v) is 7.24. The van der Waals surface area contributed by atoms with Crippen LogP contribution in [-0.4, -0.2) is 34.2 Å². The van der Waals surface area contributed by atoms with Crippen molar-refractivity contribution in [1.82, 2.24) is 15.1 Å². The second-order valence-electron chi connectivity index (χ2n) is 6.40. The number of carbonyl (C=O) groups is 1. The number of aryl methyl sites for hydroxylation is 1. The smallest absolute Gasteiger partial charge is 0.263 e. The van der Waals surface area contributed by atoms with E-state index in [0.717, 1.165) is 11.1 Å². The lowest BCUT2D eigenvalue weighted by Crippen LogP contribution is -2.37. The highest BCUT2D eigenvalue weighted by molar-refractivity contribution is 6.35. The summed E-state index contributed by atoms with van der Waals surface area (Å²) in [5, 5.41) is 8.90. The van der Waals surface area contributed by atoms with Crippen molar-refractivity contribution in [3.05, 3.63) is 64.0 Å². The first-order valence-electron chi connectivity index (χ1n) is 8.59. The van der Waals surface area contributed by atoms with Crippen LogP contribution in [0.1, 0.15) is 18.4 Å². The van der Waals surface area contributed by atoms with Gasteiger partial charge in [-0.1, -0.05) is 40.9 Å². The van der Waals surface area contributed by atoms with E-state index in [1.165, 1.54) is 4.90 Å². The molecule has 8 heteroatoms. The molecule has 2 aromatic carbocycles. The quantitative estimate of drug-likeness (QED) is 0.574. The summed E-state index contributed by atoms with van der Waals surface area (Å²) >= 11 is 12.0. The van der Waals surface area contributed by atoms with E-state index in [-0.39, 0.29) is 12.5 Å². The SMILES string of the molecule is Cc1ccc(-c2nnc(CN(C)C(=O)[C@@H](C)Oc3ccc(Cl)cc3Cl)o2)cc1. The summed E-state index contributed by atoms with van der Waals surface area (Å²) in [6.45, 7) is 3.82. The van der Waals surface area contributed by atoms with Gasteiger partial charge in [0.1, 0.15) is 5.75 Å². The third-order valence-electron chi connectivity index (χ3n) is 4.06. The van der Waals surface area contributed by atoms with Crippen LogP contribution in [0.2, 0.25) is 10.0 Å². The van der Waals surface area contributed by atoms with E-state index >= 15 is 0 Å². The summed E-state index contributed by atoms with van der Waals surface area (Å²) in [6.07, 6.45) is -0.747. The normalized spacial score (nSPS) is 11.9. The number of hydrogen-bond acceptors (Lipinski definition) is 5. The minimum absolute atomic E-state index is 0.166. The lowest BCUT2D eigenvalue weighted by Gasteiger charge is -2.21. The fourth-order valence-corrected chi connectivity index (χ4v) is 2.99. The highest BCUT2D eigenvalue weighted by Crippen LogP contribution is 2.28. The number of carbonyl (C=O) groups excluding carboxylic acids is 1. The molecule has 0 fully saturated rings. The maximum atomic E-state index is 12.6. The predicted octanol–water partition coefficient (Wildman–Crippen LogP) is 4.78. The van der Waals surface area contributed by atoms with E-state index in [4.69, 9.17) is 32.4 Å².